The number of rotatable bonds is 4. The number of carbonyl (C=O) groups is 2. The highest BCUT2D eigenvalue weighted by molar-refractivity contribution is 6.31. The van der Waals surface area contributed by atoms with Gasteiger partial charge in [0, 0.05) is 24.6 Å². The Balaban J connectivity index is 2.13. The minimum Gasteiger partial charge on any atom is -0.481 e. The second-order valence-electron chi connectivity index (χ2n) is 5.21. The monoisotopic (exact) mass is 313 g/mol. The summed E-state index contributed by atoms with van der Waals surface area (Å²) in [4.78, 5) is 24.9. The Morgan fingerprint density at radius 3 is 2.81 bits per heavy atom. The van der Waals surface area contributed by atoms with E-state index in [0.717, 1.165) is 19.3 Å². The van der Waals surface area contributed by atoms with E-state index in [-0.39, 0.29) is 23.4 Å². The lowest BCUT2D eigenvalue weighted by Crippen LogP contribution is -2.44. The van der Waals surface area contributed by atoms with Crippen molar-refractivity contribution >= 4 is 23.5 Å². The zero-order chi connectivity index (χ0) is 15.4. The molecule has 1 fully saturated rings. The van der Waals surface area contributed by atoms with Gasteiger partial charge < -0.3 is 10.0 Å². The summed E-state index contributed by atoms with van der Waals surface area (Å²) < 4.78 is 13.2. The lowest BCUT2D eigenvalue weighted by atomic mass is 9.97. The van der Waals surface area contributed by atoms with Gasteiger partial charge in [0.1, 0.15) is 5.82 Å². The van der Waals surface area contributed by atoms with Crippen LogP contribution in [0.3, 0.4) is 0 Å². The number of carbonyl (C=O) groups excluding carboxylic acids is 1. The van der Waals surface area contributed by atoms with E-state index in [1.807, 2.05) is 0 Å². The Labute approximate surface area is 127 Å². The van der Waals surface area contributed by atoms with Gasteiger partial charge in [0.2, 0.25) is 0 Å². The van der Waals surface area contributed by atoms with Crippen molar-refractivity contribution in [1.29, 1.82) is 0 Å². The first-order valence-electron chi connectivity index (χ1n) is 6.97. The average molecular weight is 314 g/mol. The maximum atomic E-state index is 13.2. The van der Waals surface area contributed by atoms with Crippen LogP contribution in [0.4, 0.5) is 4.39 Å². The molecule has 0 aliphatic carbocycles. The highest BCUT2D eigenvalue weighted by Gasteiger charge is 2.28. The molecule has 1 aromatic carbocycles. The van der Waals surface area contributed by atoms with Gasteiger partial charge in [0.15, 0.2) is 0 Å². The van der Waals surface area contributed by atoms with Crippen molar-refractivity contribution in [3.63, 3.8) is 0 Å². The molecule has 1 aliphatic heterocycles. The van der Waals surface area contributed by atoms with Crippen LogP contribution < -0.4 is 0 Å². The molecule has 1 heterocycles. The molecule has 4 nitrogen and oxygen atoms in total. The molecule has 0 radical (unpaired) electrons. The van der Waals surface area contributed by atoms with Gasteiger partial charge in [-0.15, -0.1) is 0 Å². The highest BCUT2D eigenvalue weighted by atomic mass is 35.5. The fourth-order valence-corrected chi connectivity index (χ4v) is 2.83. The van der Waals surface area contributed by atoms with Crippen molar-refractivity contribution in [3.8, 4) is 0 Å². The van der Waals surface area contributed by atoms with Crippen molar-refractivity contribution in [2.24, 2.45) is 0 Å². The predicted molar refractivity (Wildman–Crippen MR) is 77.0 cm³/mol. The fraction of sp³-hybridized carbons (Fsp3) is 0.467. The quantitative estimate of drug-likeness (QED) is 0.927. The zero-order valence-corrected chi connectivity index (χ0v) is 12.3. The average Bonchev–Trinajstić information content (AvgIpc) is 2.47. The number of hydrogen-bond donors (Lipinski definition) is 1. The molecule has 1 aromatic rings. The normalized spacial score (nSPS) is 18.6. The minimum absolute atomic E-state index is 0.0403. The maximum absolute atomic E-state index is 13.2. The SMILES string of the molecule is O=C(O)CC[C@H]1CCCCN1C(=O)c1ccc(F)c(Cl)c1. The van der Waals surface area contributed by atoms with E-state index in [1.165, 1.54) is 18.2 Å². The van der Waals surface area contributed by atoms with Crippen molar-refractivity contribution < 1.29 is 19.1 Å². The topological polar surface area (TPSA) is 57.6 Å². The Hall–Kier alpha value is -1.62. The molecule has 0 bridgehead atoms. The molecule has 0 spiro atoms. The summed E-state index contributed by atoms with van der Waals surface area (Å²) in [5.74, 6) is -1.64. The molecule has 0 aromatic heterocycles. The van der Waals surface area contributed by atoms with Gasteiger partial charge in [0.25, 0.3) is 5.91 Å². The molecule has 1 aliphatic rings. The van der Waals surface area contributed by atoms with Crippen LogP contribution in [-0.2, 0) is 4.79 Å². The van der Waals surface area contributed by atoms with Gasteiger partial charge in [-0.3, -0.25) is 9.59 Å². The third-order valence-corrected chi connectivity index (χ3v) is 4.04. The van der Waals surface area contributed by atoms with Crippen LogP contribution in [0.25, 0.3) is 0 Å². The van der Waals surface area contributed by atoms with Gasteiger partial charge in [0.05, 0.1) is 5.02 Å². The van der Waals surface area contributed by atoms with Crippen LogP contribution in [0, 0.1) is 5.82 Å². The number of piperidine rings is 1. The molecule has 21 heavy (non-hydrogen) atoms. The third kappa shape index (κ3) is 3.94. The summed E-state index contributed by atoms with van der Waals surface area (Å²) in [6.07, 6.45) is 3.16. The molecule has 1 atom stereocenters. The number of carboxylic acids is 1. The summed E-state index contributed by atoms with van der Waals surface area (Å²) in [5.41, 5.74) is 0.337. The number of amides is 1. The standard InChI is InChI=1S/C15H17ClFNO3/c16-12-9-10(4-6-13(12)17)15(21)18-8-2-1-3-11(18)5-7-14(19)20/h4,6,9,11H,1-3,5,7-8H2,(H,19,20)/t11-/m1/s1. The fourth-order valence-electron chi connectivity index (χ4n) is 2.65. The summed E-state index contributed by atoms with van der Waals surface area (Å²) in [6, 6.07) is 3.83. The number of nitrogens with zero attached hydrogens (tertiary/aromatic N) is 1. The summed E-state index contributed by atoms with van der Waals surface area (Å²) in [7, 11) is 0. The van der Waals surface area contributed by atoms with E-state index in [2.05, 4.69) is 0 Å². The maximum Gasteiger partial charge on any atom is 0.303 e. The van der Waals surface area contributed by atoms with Crippen LogP contribution in [0.1, 0.15) is 42.5 Å². The number of benzene rings is 1. The van der Waals surface area contributed by atoms with Crippen molar-refractivity contribution in [2.75, 3.05) is 6.54 Å². The molecule has 114 valence electrons. The zero-order valence-electron chi connectivity index (χ0n) is 11.5. The smallest absolute Gasteiger partial charge is 0.303 e. The summed E-state index contributed by atoms with van der Waals surface area (Å²) in [5, 5.41) is 8.71. The second-order valence-corrected chi connectivity index (χ2v) is 5.62. The van der Waals surface area contributed by atoms with Gasteiger partial charge >= 0.3 is 5.97 Å². The molecule has 1 amide bonds. The first-order valence-corrected chi connectivity index (χ1v) is 7.34. The molecular formula is C15H17ClFNO3. The number of carboxylic acid groups (broad SMARTS) is 1. The van der Waals surface area contributed by atoms with Crippen molar-refractivity contribution in [3.05, 3.63) is 34.6 Å². The lowest BCUT2D eigenvalue weighted by molar-refractivity contribution is -0.137. The molecule has 2 rings (SSSR count). The van der Waals surface area contributed by atoms with E-state index in [1.54, 1.807) is 4.90 Å². The Morgan fingerprint density at radius 2 is 2.14 bits per heavy atom. The van der Waals surface area contributed by atoms with Crippen LogP contribution >= 0.6 is 11.6 Å². The predicted octanol–water partition coefficient (Wildman–Crippen LogP) is 3.34. The summed E-state index contributed by atoms with van der Waals surface area (Å²) in [6.45, 7) is 0.595. The Kier molecular flexibility index (Phi) is 5.17. The van der Waals surface area contributed by atoms with E-state index >= 15 is 0 Å². The molecule has 1 N–H and O–H groups in total. The van der Waals surface area contributed by atoms with E-state index in [4.69, 9.17) is 16.7 Å². The van der Waals surface area contributed by atoms with Crippen molar-refractivity contribution in [2.45, 2.75) is 38.1 Å². The molecule has 6 heteroatoms. The number of likely N-dealkylation sites (tertiary alicyclic amines) is 1. The Bertz CT molecular complexity index is 550. The van der Waals surface area contributed by atoms with Gasteiger partial charge in [-0.25, -0.2) is 4.39 Å². The van der Waals surface area contributed by atoms with E-state index in [9.17, 15) is 14.0 Å². The van der Waals surface area contributed by atoms with Crippen LogP contribution in [0.15, 0.2) is 18.2 Å². The number of hydrogen-bond acceptors (Lipinski definition) is 2. The first-order chi connectivity index (χ1) is 9.99. The van der Waals surface area contributed by atoms with Gasteiger partial charge in [-0.2, -0.15) is 0 Å². The first kappa shape index (κ1) is 15.8. The van der Waals surface area contributed by atoms with Gasteiger partial charge in [-0.1, -0.05) is 11.6 Å². The molecule has 0 saturated carbocycles. The summed E-state index contributed by atoms with van der Waals surface area (Å²) >= 11 is 5.71. The van der Waals surface area contributed by atoms with E-state index in [0.29, 0.717) is 18.5 Å². The van der Waals surface area contributed by atoms with Gasteiger partial charge in [-0.05, 0) is 43.9 Å². The van der Waals surface area contributed by atoms with E-state index < -0.39 is 11.8 Å². The van der Waals surface area contributed by atoms with Crippen LogP contribution in [0.2, 0.25) is 5.02 Å². The lowest BCUT2D eigenvalue weighted by Gasteiger charge is -2.35. The number of halogens is 2. The van der Waals surface area contributed by atoms with Crippen LogP contribution in [-0.4, -0.2) is 34.5 Å². The Morgan fingerprint density at radius 1 is 1.38 bits per heavy atom. The largest absolute Gasteiger partial charge is 0.481 e. The molecular weight excluding hydrogens is 297 g/mol. The van der Waals surface area contributed by atoms with Crippen molar-refractivity contribution in [1.82, 2.24) is 4.90 Å². The second kappa shape index (κ2) is 6.89. The van der Waals surface area contributed by atoms with Crippen LogP contribution in [0.5, 0.6) is 0 Å². The number of aliphatic carboxylic acids is 1. The molecule has 0 unspecified atom stereocenters. The highest BCUT2D eigenvalue weighted by Crippen LogP contribution is 2.24. The third-order valence-electron chi connectivity index (χ3n) is 3.75. The minimum atomic E-state index is -0.863. The molecule has 1 saturated heterocycles.